The SMILES string of the molecule is COc1cc(C)c(C(=O)c2cccc(C)c2F)cc1C. The van der Waals surface area contributed by atoms with E-state index in [1.54, 1.807) is 38.3 Å². The first-order valence-electron chi connectivity index (χ1n) is 6.40. The molecule has 0 heterocycles. The first kappa shape index (κ1) is 14.3. The summed E-state index contributed by atoms with van der Waals surface area (Å²) in [6.45, 7) is 5.34. The third kappa shape index (κ3) is 2.44. The number of halogens is 1. The van der Waals surface area contributed by atoms with Crippen LogP contribution in [0.1, 0.15) is 32.6 Å². The molecule has 2 aromatic rings. The van der Waals surface area contributed by atoms with Crippen LogP contribution in [0.25, 0.3) is 0 Å². The number of carbonyl (C=O) groups is 1. The molecule has 0 saturated carbocycles. The summed E-state index contributed by atoms with van der Waals surface area (Å²) in [5, 5.41) is 0. The van der Waals surface area contributed by atoms with Crippen molar-refractivity contribution in [3.8, 4) is 5.75 Å². The van der Waals surface area contributed by atoms with Crippen molar-refractivity contribution < 1.29 is 13.9 Å². The summed E-state index contributed by atoms with van der Waals surface area (Å²) >= 11 is 0. The van der Waals surface area contributed by atoms with Gasteiger partial charge in [-0.1, -0.05) is 12.1 Å². The maximum Gasteiger partial charge on any atom is 0.196 e. The topological polar surface area (TPSA) is 26.3 Å². The third-order valence-corrected chi connectivity index (χ3v) is 3.42. The van der Waals surface area contributed by atoms with Crippen molar-refractivity contribution in [1.29, 1.82) is 0 Å². The molecule has 0 atom stereocenters. The second-order valence-corrected chi connectivity index (χ2v) is 4.90. The molecule has 0 bridgehead atoms. The highest BCUT2D eigenvalue weighted by Crippen LogP contribution is 2.25. The van der Waals surface area contributed by atoms with E-state index in [1.165, 1.54) is 6.07 Å². The maximum atomic E-state index is 14.1. The summed E-state index contributed by atoms with van der Waals surface area (Å²) in [7, 11) is 1.59. The van der Waals surface area contributed by atoms with E-state index in [-0.39, 0.29) is 11.3 Å². The molecule has 0 aliphatic carbocycles. The van der Waals surface area contributed by atoms with Gasteiger partial charge in [0.1, 0.15) is 11.6 Å². The Bertz CT molecular complexity index is 675. The minimum atomic E-state index is -0.453. The maximum absolute atomic E-state index is 14.1. The zero-order chi connectivity index (χ0) is 14.9. The molecule has 2 aromatic carbocycles. The number of methoxy groups -OCH3 is 1. The molecular weight excluding hydrogens is 255 g/mol. The number of rotatable bonds is 3. The molecule has 2 nitrogen and oxygen atoms in total. The van der Waals surface area contributed by atoms with Gasteiger partial charge in [0.15, 0.2) is 5.78 Å². The lowest BCUT2D eigenvalue weighted by Gasteiger charge is -2.11. The Labute approximate surface area is 118 Å². The second-order valence-electron chi connectivity index (χ2n) is 4.90. The van der Waals surface area contributed by atoms with Crippen molar-refractivity contribution in [2.75, 3.05) is 7.11 Å². The molecule has 0 saturated heterocycles. The van der Waals surface area contributed by atoms with E-state index < -0.39 is 5.82 Å². The number of ketones is 1. The number of benzene rings is 2. The molecule has 0 aliphatic rings. The van der Waals surface area contributed by atoms with Gasteiger partial charge in [0.2, 0.25) is 0 Å². The summed E-state index contributed by atoms with van der Waals surface area (Å²) in [6.07, 6.45) is 0. The van der Waals surface area contributed by atoms with Crippen LogP contribution >= 0.6 is 0 Å². The van der Waals surface area contributed by atoms with Gasteiger partial charge < -0.3 is 4.74 Å². The fraction of sp³-hybridized carbons (Fsp3) is 0.235. The van der Waals surface area contributed by atoms with Gasteiger partial charge in [0, 0.05) is 5.56 Å². The molecule has 0 unspecified atom stereocenters. The Morgan fingerprint density at radius 2 is 1.70 bits per heavy atom. The summed E-state index contributed by atoms with van der Waals surface area (Å²) < 4.78 is 19.3. The lowest BCUT2D eigenvalue weighted by molar-refractivity contribution is 0.103. The first-order chi connectivity index (χ1) is 9.45. The molecule has 0 aliphatic heterocycles. The molecule has 0 radical (unpaired) electrons. The van der Waals surface area contributed by atoms with Crippen LogP contribution in [-0.4, -0.2) is 12.9 Å². The summed E-state index contributed by atoms with van der Waals surface area (Å²) in [5.74, 6) is -0.0245. The molecule has 0 fully saturated rings. The van der Waals surface area contributed by atoms with Crippen molar-refractivity contribution in [3.63, 3.8) is 0 Å². The van der Waals surface area contributed by atoms with Crippen LogP contribution in [0.5, 0.6) is 5.75 Å². The second kappa shape index (κ2) is 5.45. The average Bonchev–Trinajstić information content (AvgIpc) is 2.43. The molecule has 0 amide bonds. The van der Waals surface area contributed by atoms with Gasteiger partial charge in [0.05, 0.1) is 12.7 Å². The predicted molar refractivity (Wildman–Crippen MR) is 77.0 cm³/mol. The van der Waals surface area contributed by atoms with E-state index in [2.05, 4.69) is 0 Å². The van der Waals surface area contributed by atoms with Crippen LogP contribution in [0, 0.1) is 26.6 Å². The standard InChI is InChI=1S/C17H17FO2/c1-10-6-5-7-13(16(10)18)17(19)14-8-12(3)15(20-4)9-11(14)2/h5-9H,1-4H3. The number of ether oxygens (including phenoxy) is 1. The van der Waals surface area contributed by atoms with E-state index in [9.17, 15) is 9.18 Å². The summed E-state index contributed by atoms with van der Waals surface area (Å²) in [5.41, 5.74) is 2.72. The van der Waals surface area contributed by atoms with Crippen molar-refractivity contribution in [2.45, 2.75) is 20.8 Å². The van der Waals surface area contributed by atoms with Gasteiger partial charge in [-0.3, -0.25) is 4.79 Å². The molecule has 104 valence electrons. The smallest absolute Gasteiger partial charge is 0.196 e. The lowest BCUT2D eigenvalue weighted by Crippen LogP contribution is -2.08. The summed E-state index contributed by atoms with van der Waals surface area (Å²) in [4.78, 5) is 12.5. The fourth-order valence-electron chi connectivity index (χ4n) is 2.22. The minimum Gasteiger partial charge on any atom is -0.496 e. The normalized spacial score (nSPS) is 10.4. The van der Waals surface area contributed by atoms with Gasteiger partial charge in [-0.05, 0) is 55.7 Å². The van der Waals surface area contributed by atoms with Crippen LogP contribution in [0.2, 0.25) is 0 Å². The van der Waals surface area contributed by atoms with Crippen LogP contribution in [-0.2, 0) is 0 Å². The Morgan fingerprint density at radius 3 is 2.35 bits per heavy atom. The Morgan fingerprint density at radius 1 is 1.00 bits per heavy atom. The number of aryl methyl sites for hydroxylation is 3. The number of hydrogen-bond acceptors (Lipinski definition) is 2. The Kier molecular flexibility index (Phi) is 3.89. The molecular formula is C17H17FO2. The van der Waals surface area contributed by atoms with Gasteiger partial charge in [-0.2, -0.15) is 0 Å². The summed E-state index contributed by atoms with van der Waals surface area (Å²) in [6, 6.07) is 8.41. The van der Waals surface area contributed by atoms with Crippen LogP contribution in [0.3, 0.4) is 0 Å². The van der Waals surface area contributed by atoms with E-state index in [1.807, 2.05) is 13.8 Å². The predicted octanol–water partition coefficient (Wildman–Crippen LogP) is 3.99. The highest BCUT2D eigenvalue weighted by molar-refractivity contribution is 6.10. The first-order valence-corrected chi connectivity index (χ1v) is 6.40. The fourth-order valence-corrected chi connectivity index (χ4v) is 2.22. The minimum absolute atomic E-state index is 0.109. The van der Waals surface area contributed by atoms with E-state index in [0.29, 0.717) is 11.1 Å². The molecule has 2 rings (SSSR count). The molecule has 0 spiro atoms. The quantitative estimate of drug-likeness (QED) is 0.790. The van der Waals surface area contributed by atoms with Crippen LogP contribution < -0.4 is 4.74 Å². The molecule has 20 heavy (non-hydrogen) atoms. The molecule has 0 aromatic heterocycles. The van der Waals surface area contributed by atoms with Crippen LogP contribution in [0.15, 0.2) is 30.3 Å². The van der Waals surface area contributed by atoms with Gasteiger partial charge in [-0.15, -0.1) is 0 Å². The third-order valence-electron chi connectivity index (χ3n) is 3.42. The molecule has 0 N–H and O–H groups in total. The van der Waals surface area contributed by atoms with Gasteiger partial charge >= 0.3 is 0 Å². The van der Waals surface area contributed by atoms with Crippen molar-refractivity contribution >= 4 is 5.78 Å². The van der Waals surface area contributed by atoms with Crippen molar-refractivity contribution in [1.82, 2.24) is 0 Å². The average molecular weight is 272 g/mol. The zero-order valence-electron chi connectivity index (χ0n) is 12.1. The Hall–Kier alpha value is -2.16. The zero-order valence-corrected chi connectivity index (χ0v) is 12.1. The lowest BCUT2D eigenvalue weighted by atomic mass is 9.95. The highest BCUT2D eigenvalue weighted by Gasteiger charge is 2.18. The molecule has 3 heteroatoms. The van der Waals surface area contributed by atoms with Crippen molar-refractivity contribution in [2.24, 2.45) is 0 Å². The number of carbonyl (C=O) groups excluding carboxylic acids is 1. The van der Waals surface area contributed by atoms with Crippen molar-refractivity contribution in [3.05, 3.63) is 64.0 Å². The van der Waals surface area contributed by atoms with E-state index >= 15 is 0 Å². The van der Waals surface area contributed by atoms with E-state index in [0.717, 1.165) is 16.9 Å². The largest absolute Gasteiger partial charge is 0.496 e. The van der Waals surface area contributed by atoms with E-state index in [4.69, 9.17) is 4.74 Å². The Balaban J connectivity index is 2.54. The monoisotopic (exact) mass is 272 g/mol. The highest BCUT2D eigenvalue weighted by atomic mass is 19.1. The van der Waals surface area contributed by atoms with Gasteiger partial charge in [-0.25, -0.2) is 4.39 Å². The van der Waals surface area contributed by atoms with Gasteiger partial charge in [0.25, 0.3) is 0 Å². The van der Waals surface area contributed by atoms with Crippen LogP contribution in [0.4, 0.5) is 4.39 Å². The number of hydrogen-bond donors (Lipinski definition) is 0.